The van der Waals surface area contributed by atoms with Crippen molar-refractivity contribution in [2.24, 2.45) is 0 Å². The largest absolute Gasteiger partial charge is 0.268 e. The molecule has 2 heterocycles. The molecule has 0 unspecified atom stereocenters. The van der Waals surface area contributed by atoms with E-state index in [1.165, 1.54) is 4.31 Å². The number of hydrogen-bond acceptors (Lipinski definition) is 4. The smallest absolute Gasteiger partial charge is 0.265 e. The fourth-order valence-electron chi connectivity index (χ4n) is 5.13. The van der Waals surface area contributed by atoms with E-state index in [0.717, 1.165) is 24.2 Å². The SMILES string of the molecule is CN1C2(CCCCC2)C(N2C(=O)c3ccccc3C2=O)=C(c2ccc(Cl)cc2)S1(=O)=O. The number of carbonyl (C=O) groups excluding carboxylic acids is 2. The maximum Gasteiger partial charge on any atom is 0.265 e. The molecule has 0 radical (unpaired) electrons. The normalized spacial score (nSPS) is 22.5. The lowest BCUT2D eigenvalue weighted by Gasteiger charge is -2.42. The minimum Gasteiger partial charge on any atom is -0.268 e. The minimum absolute atomic E-state index is 0.0167. The number of amides is 2. The van der Waals surface area contributed by atoms with Crippen LogP contribution >= 0.6 is 11.6 Å². The van der Waals surface area contributed by atoms with Crippen molar-refractivity contribution in [3.8, 4) is 0 Å². The van der Waals surface area contributed by atoms with E-state index in [1.54, 1.807) is 55.6 Å². The van der Waals surface area contributed by atoms with Gasteiger partial charge in [0.15, 0.2) is 0 Å². The standard InChI is InChI=1S/C23H21ClN2O4S/c1-25-23(13-5-2-6-14-23)20(19(31(25,29)30)15-9-11-16(24)12-10-15)26-21(27)17-7-3-4-8-18(17)22(26)28/h3-4,7-12H,2,5-6,13-14H2,1H3. The van der Waals surface area contributed by atoms with Crippen molar-refractivity contribution < 1.29 is 18.0 Å². The quantitative estimate of drug-likeness (QED) is 0.632. The summed E-state index contributed by atoms with van der Waals surface area (Å²) < 4.78 is 28.8. The van der Waals surface area contributed by atoms with Gasteiger partial charge in [0.25, 0.3) is 11.8 Å². The van der Waals surface area contributed by atoms with Crippen molar-refractivity contribution in [2.75, 3.05) is 7.05 Å². The van der Waals surface area contributed by atoms with Crippen LogP contribution in [0.25, 0.3) is 4.91 Å². The van der Waals surface area contributed by atoms with Gasteiger partial charge in [-0.05, 0) is 42.7 Å². The number of fused-ring (bicyclic) bond motifs is 1. The highest BCUT2D eigenvalue weighted by Gasteiger charge is 2.59. The summed E-state index contributed by atoms with van der Waals surface area (Å²) in [6.45, 7) is 0. The van der Waals surface area contributed by atoms with Crippen LogP contribution in [-0.4, -0.2) is 42.0 Å². The average molecular weight is 457 g/mol. The van der Waals surface area contributed by atoms with Gasteiger partial charge < -0.3 is 0 Å². The van der Waals surface area contributed by atoms with E-state index in [2.05, 4.69) is 0 Å². The van der Waals surface area contributed by atoms with Gasteiger partial charge in [-0.15, -0.1) is 0 Å². The third-order valence-electron chi connectivity index (χ3n) is 6.68. The van der Waals surface area contributed by atoms with E-state index in [9.17, 15) is 18.0 Å². The molecule has 1 fully saturated rings. The fraction of sp³-hybridized carbons (Fsp3) is 0.304. The maximum absolute atomic E-state index is 13.7. The van der Waals surface area contributed by atoms with Gasteiger partial charge in [0.2, 0.25) is 10.0 Å². The lowest BCUT2D eigenvalue weighted by Crippen LogP contribution is -2.51. The summed E-state index contributed by atoms with van der Waals surface area (Å²) in [5.74, 6) is -0.949. The Kier molecular flexibility index (Phi) is 4.62. The van der Waals surface area contributed by atoms with Crippen LogP contribution in [0.5, 0.6) is 0 Å². The second-order valence-corrected chi connectivity index (χ2v) is 10.6. The maximum atomic E-state index is 13.7. The number of imide groups is 1. The van der Waals surface area contributed by atoms with E-state index < -0.39 is 27.4 Å². The lowest BCUT2D eigenvalue weighted by atomic mass is 9.78. The molecule has 8 heteroatoms. The van der Waals surface area contributed by atoms with Crippen LogP contribution in [0.1, 0.15) is 58.4 Å². The number of benzene rings is 2. The van der Waals surface area contributed by atoms with Gasteiger partial charge in [-0.3, -0.25) is 9.59 Å². The molecule has 0 bridgehead atoms. The summed E-state index contributed by atoms with van der Waals surface area (Å²) >= 11 is 6.04. The van der Waals surface area contributed by atoms with Crippen LogP contribution in [0.4, 0.5) is 0 Å². The molecule has 0 N–H and O–H groups in total. The molecule has 31 heavy (non-hydrogen) atoms. The molecular weight excluding hydrogens is 436 g/mol. The van der Waals surface area contributed by atoms with Gasteiger partial charge in [-0.25, -0.2) is 13.3 Å². The summed E-state index contributed by atoms with van der Waals surface area (Å²) in [7, 11) is -2.38. The number of nitrogens with zero attached hydrogens (tertiary/aromatic N) is 2. The first-order valence-corrected chi connectivity index (χ1v) is 12.1. The summed E-state index contributed by atoms with van der Waals surface area (Å²) in [6.07, 6.45) is 3.74. The monoisotopic (exact) mass is 456 g/mol. The molecule has 0 atom stereocenters. The van der Waals surface area contributed by atoms with Gasteiger partial charge >= 0.3 is 0 Å². The Morgan fingerprint density at radius 1 is 0.871 bits per heavy atom. The van der Waals surface area contributed by atoms with Crippen LogP contribution in [-0.2, 0) is 10.0 Å². The number of rotatable bonds is 2. The highest BCUT2D eigenvalue weighted by atomic mass is 35.5. The van der Waals surface area contributed by atoms with Gasteiger partial charge in [-0.1, -0.05) is 55.1 Å². The molecule has 3 aliphatic rings. The summed E-state index contributed by atoms with van der Waals surface area (Å²) in [5, 5.41) is 0.475. The molecule has 1 spiro atoms. The highest BCUT2D eigenvalue weighted by Crippen LogP contribution is 2.53. The molecule has 2 aromatic rings. The second kappa shape index (κ2) is 7.02. The van der Waals surface area contributed by atoms with E-state index >= 15 is 0 Å². The van der Waals surface area contributed by atoms with Crippen molar-refractivity contribution in [2.45, 2.75) is 37.6 Å². The molecule has 160 valence electrons. The van der Waals surface area contributed by atoms with Crippen LogP contribution < -0.4 is 0 Å². The Labute approximate surface area is 186 Å². The zero-order valence-electron chi connectivity index (χ0n) is 17.0. The van der Waals surface area contributed by atoms with E-state index in [0.29, 0.717) is 34.6 Å². The number of hydrogen-bond donors (Lipinski definition) is 0. The molecule has 1 saturated carbocycles. The second-order valence-electron chi connectivity index (χ2n) is 8.24. The van der Waals surface area contributed by atoms with Crippen LogP contribution in [0.15, 0.2) is 54.2 Å². The summed E-state index contributed by atoms with van der Waals surface area (Å²) in [4.78, 5) is 27.9. The first-order chi connectivity index (χ1) is 14.8. The highest BCUT2D eigenvalue weighted by molar-refractivity contribution is 7.98. The van der Waals surface area contributed by atoms with Crippen molar-refractivity contribution in [3.05, 3.63) is 75.9 Å². The van der Waals surface area contributed by atoms with Crippen molar-refractivity contribution in [1.29, 1.82) is 0 Å². The van der Waals surface area contributed by atoms with Crippen LogP contribution in [0, 0.1) is 0 Å². The lowest BCUT2D eigenvalue weighted by molar-refractivity contribution is 0.0637. The number of sulfonamides is 1. The topological polar surface area (TPSA) is 74.8 Å². The molecule has 0 saturated heterocycles. The predicted octanol–water partition coefficient (Wildman–Crippen LogP) is 4.28. The number of likely N-dealkylation sites (N-methyl/N-ethyl adjacent to an activating group) is 1. The fourth-order valence-corrected chi connectivity index (χ4v) is 7.22. The summed E-state index contributed by atoms with van der Waals surface area (Å²) in [6, 6.07) is 13.1. The zero-order chi connectivity index (χ0) is 22.0. The van der Waals surface area contributed by atoms with Crippen LogP contribution in [0.2, 0.25) is 5.02 Å². The summed E-state index contributed by atoms with van der Waals surface area (Å²) in [5.41, 5.74) is 0.370. The van der Waals surface area contributed by atoms with Crippen molar-refractivity contribution in [1.82, 2.24) is 9.21 Å². The van der Waals surface area contributed by atoms with Crippen molar-refractivity contribution in [3.63, 3.8) is 0 Å². The van der Waals surface area contributed by atoms with Crippen LogP contribution in [0.3, 0.4) is 0 Å². The molecule has 1 aliphatic carbocycles. The first-order valence-electron chi connectivity index (χ1n) is 10.3. The van der Waals surface area contributed by atoms with Gasteiger partial charge in [-0.2, -0.15) is 4.31 Å². The van der Waals surface area contributed by atoms with E-state index in [4.69, 9.17) is 11.6 Å². The molecular formula is C23H21ClN2O4S. The first kappa shape index (κ1) is 20.4. The Morgan fingerprint density at radius 2 is 1.42 bits per heavy atom. The Bertz CT molecular complexity index is 1210. The number of carbonyl (C=O) groups is 2. The molecule has 5 rings (SSSR count). The van der Waals surface area contributed by atoms with Crippen molar-refractivity contribution >= 4 is 38.3 Å². The molecule has 2 aliphatic heterocycles. The third kappa shape index (κ3) is 2.76. The molecule has 0 aromatic heterocycles. The predicted molar refractivity (Wildman–Crippen MR) is 118 cm³/mol. The Balaban J connectivity index is 1.82. The molecule has 2 amide bonds. The van der Waals surface area contributed by atoms with E-state index in [-0.39, 0.29) is 10.6 Å². The van der Waals surface area contributed by atoms with Gasteiger partial charge in [0.1, 0.15) is 4.91 Å². The number of halogens is 1. The Morgan fingerprint density at radius 3 is 1.97 bits per heavy atom. The average Bonchev–Trinajstić information content (AvgIpc) is 3.11. The Hall–Kier alpha value is -2.48. The molecule has 6 nitrogen and oxygen atoms in total. The van der Waals surface area contributed by atoms with Gasteiger partial charge in [0.05, 0.1) is 22.4 Å². The minimum atomic E-state index is -3.94. The molecule has 2 aromatic carbocycles. The zero-order valence-corrected chi connectivity index (χ0v) is 18.5. The third-order valence-corrected chi connectivity index (χ3v) is 8.95. The van der Waals surface area contributed by atoms with Gasteiger partial charge in [0, 0.05) is 12.1 Å². The van der Waals surface area contributed by atoms with E-state index in [1.807, 2.05) is 0 Å².